The number of rotatable bonds is 5. The number of aliphatic carboxylic acids is 1. The molecule has 0 aliphatic carbocycles. The van der Waals surface area contributed by atoms with E-state index in [2.05, 4.69) is 5.10 Å². The fourth-order valence-electron chi connectivity index (χ4n) is 3.36. The number of aryl methyl sites for hydroxylation is 1. The fraction of sp³-hybridized carbons (Fsp3) is 0.389. The predicted molar refractivity (Wildman–Crippen MR) is 96.2 cm³/mol. The number of likely N-dealkylation sites (tertiary alicyclic amines) is 1. The van der Waals surface area contributed by atoms with E-state index < -0.39 is 10.9 Å². The van der Waals surface area contributed by atoms with Crippen LogP contribution in [0.2, 0.25) is 0 Å². The lowest BCUT2D eigenvalue weighted by Gasteiger charge is -2.31. The number of carboxylic acid groups (broad SMARTS) is 1. The summed E-state index contributed by atoms with van der Waals surface area (Å²) >= 11 is 0. The molecule has 0 unspecified atom stereocenters. The normalized spacial score (nSPS) is 14.9. The third-order valence-corrected chi connectivity index (χ3v) is 4.78. The second-order valence-electron chi connectivity index (χ2n) is 6.70. The molecule has 0 spiro atoms. The van der Waals surface area contributed by atoms with E-state index in [1.807, 2.05) is 0 Å². The zero-order valence-corrected chi connectivity index (χ0v) is 14.9. The molecule has 27 heavy (non-hydrogen) atoms. The summed E-state index contributed by atoms with van der Waals surface area (Å²) < 4.78 is 1.54. The van der Waals surface area contributed by atoms with Gasteiger partial charge in [0, 0.05) is 50.5 Å². The van der Waals surface area contributed by atoms with E-state index in [0.717, 1.165) is 0 Å². The third-order valence-electron chi connectivity index (χ3n) is 4.78. The molecule has 9 heteroatoms. The molecule has 142 valence electrons. The number of amides is 1. The zero-order chi connectivity index (χ0) is 19.6. The molecule has 1 amide bonds. The van der Waals surface area contributed by atoms with Crippen LogP contribution in [0.25, 0.3) is 11.3 Å². The molecule has 0 bridgehead atoms. The quantitative estimate of drug-likeness (QED) is 0.635. The molecule has 9 nitrogen and oxygen atoms in total. The fourth-order valence-corrected chi connectivity index (χ4v) is 3.36. The number of benzene rings is 1. The first kappa shape index (κ1) is 18.6. The van der Waals surface area contributed by atoms with E-state index in [0.29, 0.717) is 42.8 Å². The summed E-state index contributed by atoms with van der Waals surface area (Å²) in [5.74, 6) is -0.882. The first-order valence-electron chi connectivity index (χ1n) is 8.64. The molecule has 2 aromatic rings. The third kappa shape index (κ3) is 4.13. The van der Waals surface area contributed by atoms with Crippen LogP contribution in [-0.2, 0) is 11.8 Å². The van der Waals surface area contributed by atoms with Gasteiger partial charge in [-0.05, 0) is 30.9 Å². The summed E-state index contributed by atoms with van der Waals surface area (Å²) in [4.78, 5) is 35.9. The van der Waals surface area contributed by atoms with Gasteiger partial charge in [-0.2, -0.15) is 5.10 Å². The van der Waals surface area contributed by atoms with Crippen molar-refractivity contribution in [3.05, 3.63) is 46.1 Å². The molecule has 1 aliphatic heterocycles. The van der Waals surface area contributed by atoms with Gasteiger partial charge >= 0.3 is 5.97 Å². The van der Waals surface area contributed by atoms with Crippen molar-refractivity contribution in [3.63, 3.8) is 0 Å². The smallest absolute Gasteiger partial charge is 0.303 e. The number of hydrogen-bond acceptors (Lipinski definition) is 5. The number of carboxylic acids is 1. The summed E-state index contributed by atoms with van der Waals surface area (Å²) in [7, 11) is 1.71. The van der Waals surface area contributed by atoms with Gasteiger partial charge in [0.05, 0.1) is 10.5 Å². The molecule has 1 aromatic carbocycles. The zero-order valence-electron chi connectivity index (χ0n) is 14.9. The number of aromatic nitrogens is 2. The van der Waals surface area contributed by atoms with E-state index in [-0.39, 0.29) is 23.9 Å². The van der Waals surface area contributed by atoms with Gasteiger partial charge in [0.15, 0.2) is 0 Å². The lowest BCUT2D eigenvalue weighted by Crippen LogP contribution is -2.39. The molecule has 1 saturated heterocycles. The average Bonchev–Trinajstić information content (AvgIpc) is 3.03. The molecule has 1 aromatic heterocycles. The van der Waals surface area contributed by atoms with Gasteiger partial charge in [-0.3, -0.25) is 24.4 Å². The SMILES string of the molecule is Cn1cc(C(=O)N2CCC(CC(=O)O)CC2)c(-c2ccc([N+](=O)[O-])cc2)n1. The number of non-ortho nitro benzene ring substituents is 1. The van der Waals surface area contributed by atoms with Crippen molar-refractivity contribution in [2.24, 2.45) is 13.0 Å². The van der Waals surface area contributed by atoms with E-state index >= 15 is 0 Å². The number of nitro benzene ring substituents is 1. The summed E-state index contributed by atoms with van der Waals surface area (Å²) in [5.41, 5.74) is 1.52. The van der Waals surface area contributed by atoms with Crippen LogP contribution in [0, 0.1) is 16.0 Å². The monoisotopic (exact) mass is 372 g/mol. The van der Waals surface area contributed by atoms with Gasteiger partial charge in [0.1, 0.15) is 5.69 Å². The Morgan fingerprint density at radius 2 is 1.89 bits per heavy atom. The standard InChI is InChI=1S/C18H20N4O5/c1-20-11-15(17(19-20)13-2-4-14(5-3-13)22(26)27)18(25)21-8-6-12(7-9-21)10-16(23)24/h2-5,11-12H,6-10H2,1H3,(H,23,24). The maximum absolute atomic E-state index is 13.0. The highest BCUT2D eigenvalue weighted by atomic mass is 16.6. The van der Waals surface area contributed by atoms with Crippen LogP contribution in [0.4, 0.5) is 5.69 Å². The van der Waals surface area contributed by atoms with Gasteiger partial charge < -0.3 is 10.0 Å². The number of nitro groups is 1. The second kappa shape index (κ2) is 7.56. The highest BCUT2D eigenvalue weighted by Gasteiger charge is 2.28. The molecular formula is C18H20N4O5. The molecule has 1 aliphatic rings. The van der Waals surface area contributed by atoms with Crippen LogP contribution < -0.4 is 0 Å². The molecule has 0 saturated carbocycles. The van der Waals surface area contributed by atoms with Gasteiger partial charge in [-0.1, -0.05) is 0 Å². The van der Waals surface area contributed by atoms with E-state index in [1.54, 1.807) is 35.0 Å². The lowest BCUT2D eigenvalue weighted by atomic mass is 9.93. The lowest BCUT2D eigenvalue weighted by molar-refractivity contribution is -0.384. The Kier molecular flexibility index (Phi) is 5.20. The Labute approximate surface area is 155 Å². The van der Waals surface area contributed by atoms with Crippen molar-refractivity contribution in [2.45, 2.75) is 19.3 Å². The van der Waals surface area contributed by atoms with Crippen LogP contribution >= 0.6 is 0 Å². The molecule has 3 rings (SSSR count). The Balaban J connectivity index is 1.78. The highest BCUT2D eigenvalue weighted by Crippen LogP contribution is 2.27. The number of piperidine rings is 1. The van der Waals surface area contributed by atoms with E-state index in [4.69, 9.17) is 5.11 Å². The van der Waals surface area contributed by atoms with Crippen molar-refractivity contribution in [1.82, 2.24) is 14.7 Å². The number of nitrogens with zero attached hydrogens (tertiary/aromatic N) is 4. The van der Waals surface area contributed by atoms with E-state index in [1.165, 1.54) is 12.1 Å². The maximum Gasteiger partial charge on any atom is 0.303 e. The predicted octanol–water partition coefficient (Wildman–Crippen LogP) is 2.32. The van der Waals surface area contributed by atoms with Crippen molar-refractivity contribution in [1.29, 1.82) is 0 Å². The molecule has 1 N–H and O–H groups in total. The van der Waals surface area contributed by atoms with Crippen molar-refractivity contribution in [2.75, 3.05) is 13.1 Å². The molecule has 0 radical (unpaired) electrons. The topological polar surface area (TPSA) is 119 Å². The number of carbonyl (C=O) groups is 2. The molecule has 0 atom stereocenters. The molecule has 2 heterocycles. The second-order valence-corrected chi connectivity index (χ2v) is 6.70. The van der Waals surface area contributed by atoms with Crippen molar-refractivity contribution < 1.29 is 19.6 Å². The largest absolute Gasteiger partial charge is 0.481 e. The Morgan fingerprint density at radius 1 is 1.26 bits per heavy atom. The first-order valence-corrected chi connectivity index (χ1v) is 8.64. The van der Waals surface area contributed by atoms with Crippen LogP contribution in [-0.4, -0.2) is 49.7 Å². The molecule has 1 fully saturated rings. The summed E-state index contributed by atoms with van der Waals surface area (Å²) in [6.45, 7) is 1.01. The van der Waals surface area contributed by atoms with Gasteiger partial charge in [0.2, 0.25) is 0 Å². The Bertz CT molecular complexity index is 866. The minimum atomic E-state index is -0.813. The Hall–Kier alpha value is -3.23. The minimum Gasteiger partial charge on any atom is -0.481 e. The average molecular weight is 372 g/mol. The van der Waals surface area contributed by atoms with Crippen molar-refractivity contribution >= 4 is 17.6 Å². The van der Waals surface area contributed by atoms with Gasteiger partial charge in [0.25, 0.3) is 11.6 Å². The van der Waals surface area contributed by atoms with Crippen LogP contribution in [0.1, 0.15) is 29.6 Å². The van der Waals surface area contributed by atoms with Crippen LogP contribution in [0.5, 0.6) is 0 Å². The maximum atomic E-state index is 13.0. The van der Waals surface area contributed by atoms with Crippen molar-refractivity contribution in [3.8, 4) is 11.3 Å². The Morgan fingerprint density at radius 3 is 2.44 bits per heavy atom. The van der Waals surface area contributed by atoms with Gasteiger partial charge in [-0.25, -0.2) is 0 Å². The molecular weight excluding hydrogens is 352 g/mol. The summed E-state index contributed by atoms with van der Waals surface area (Å²) in [6, 6.07) is 5.93. The van der Waals surface area contributed by atoms with Crippen LogP contribution in [0.15, 0.2) is 30.5 Å². The summed E-state index contributed by atoms with van der Waals surface area (Å²) in [6.07, 6.45) is 3.09. The minimum absolute atomic E-state index is 0.0249. The van der Waals surface area contributed by atoms with Gasteiger partial charge in [-0.15, -0.1) is 0 Å². The first-order chi connectivity index (χ1) is 12.8. The number of hydrogen-bond donors (Lipinski definition) is 1. The highest BCUT2D eigenvalue weighted by molar-refractivity contribution is 5.99. The number of carbonyl (C=O) groups excluding carboxylic acids is 1. The summed E-state index contributed by atoms with van der Waals surface area (Å²) in [5, 5.41) is 24.1. The van der Waals surface area contributed by atoms with Crippen LogP contribution in [0.3, 0.4) is 0 Å². The van der Waals surface area contributed by atoms with E-state index in [9.17, 15) is 19.7 Å².